The van der Waals surface area contributed by atoms with Gasteiger partial charge in [0.2, 0.25) is 0 Å². The van der Waals surface area contributed by atoms with Gasteiger partial charge in [0, 0.05) is 5.56 Å². The van der Waals surface area contributed by atoms with E-state index in [1.807, 2.05) is 6.07 Å². The monoisotopic (exact) mass is 311 g/mol. The van der Waals surface area contributed by atoms with Crippen LogP contribution in [0, 0.1) is 0 Å². The van der Waals surface area contributed by atoms with E-state index < -0.39 is 0 Å². The van der Waals surface area contributed by atoms with Gasteiger partial charge < -0.3 is 10.1 Å². The lowest BCUT2D eigenvalue weighted by Crippen LogP contribution is -2.07. The van der Waals surface area contributed by atoms with Gasteiger partial charge in [-0.3, -0.25) is 0 Å². The third-order valence-corrected chi connectivity index (χ3v) is 4.72. The van der Waals surface area contributed by atoms with E-state index in [9.17, 15) is 0 Å². The SMILES string of the molecule is C1=Cc2ccc3c(c2CC1)Oc1ccc(-c2ccccc2)cc1N3. The summed E-state index contributed by atoms with van der Waals surface area (Å²) in [5.41, 5.74) is 7.06. The fraction of sp³-hybridized carbons (Fsp3) is 0.0909. The standard InChI is InChI=1S/C22H17NO/c1-2-6-15(7-3-1)17-11-13-21-20(14-17)23-19-12-10-16-8-4-5-9-18(16)22(19)24-21/h1-4,6-8,10-14,23H,5,9H2. The van der Waals surface area contributed by atoms with Gasteiger partial charge >= 0.3 is 0 Å². The molecule has 0 saturated heterocycles. The van der Waals surface area contributed by atoms with Crippen LogP contribution in [-0.2, 0) is 6.42 Å². The lowest BCUT2D eigenvalue weighted by Gasteiger charge is -2.26. The number of ether oxygens (including phenoxy) is 1. The summed E-state index contributed by atoms with van der Waals surface area (Å²) in [6.45, 7) is 0. The van der Waals surface area contributed by atoms with E-state index in [2.05, 4.69) is 72.1 Å². The summed E-state index contributed by atoms with van der Waals surface area (Å²) >= 11 is 0. The Morgan fingerprint density at radius 1 is 0.833 bits per heavy atom. The lowest BCUT2D eigenvalue weighted by atomic mass is 9.95. The Bertz CT molecular complexity index is 957. The molecule has 5 rings (SSSR count). The molecule has 0 radical (unpaired) electrons. The molecule has 2 heteroatoms. The molecule has 0 saturated carbocycles. The minimum absolute atomic E-state index is 0.894. The molecule has 1 aliphatic carbocycles. The lowest BCUT2D eigenvalue weighted by molar-refractivity contribution is 0.474. The first kappa shape index (κ1) is 13.4. The van der Waals surface area contributed by atoms with Gasteiger partial charge in [-0.05, 0) is 47.7 Å². The molecule has 24 heavy (non-hydrogen) atoms. The van der Waals surface area contributed by atoms with E-state index in [-0.39, 0.29) is 0 Å². The molecule has 0 atom stereocenters. The van der Waals surface area contributed by atoms with Gasteiger partial charge in [0.05, 0.1) is 11.4 Å². The maximum Gasteiger partial charge on any atom is 0.154 e. The minimum atomic E-state index is 0.894. The van der Waals surface area contributed by atoms with Crippen molar-refractivity contribution in [1.29, 1.82) is 0 Å². The van der Waals surface area contributed by atoms with Crippen molar-refractivity contribution in [3.8, 4) is 22.6 Å². The van der Waals surface area contributed by atoms with E-state index in [0.717, 1.165) is 35.7 Å². The van der Waals surface area contributed by atoms with Crippen LogP contribution in [0.1, 0.15) is 17.5 Å². The Labute approximate surface area is 141 Å². The van der Waals surface area contributed by atoms with Crippen molar-refractivity contribution >= 4 is 17.5 Å². The van der Waals surface area contributed by atoms with Crippen LogP contribution >= 0.6 is 0 Å². The highest BCUT2D eigenvalue weighted by Gasteiger charge is 2.22. The first-order chi connectivity index (χ1) is 11.9. The second-order valence-electron chi connectivity index (χ2n) is 6.26. The van der Waals surface area contributed by atoms with Gasteiger partial charge in [-0.15, -0.1) is 0 Å². The first-order valence-electron chi connectivity index (χ1n) is 8.35. The van der Waals surface area contributed by atoms with Gasteiger partial charge in [0.15, 0.2) is 11.5 Å². The average molecular weight is 311 g/mol. The summed E-state index contributed by atoms with van der Waals surface area (Å²) < 4.78 is 6.27. The van der Waals surface area contributed by atoms with Gasteiger partial charge in [-0.25, -0.2) is 0 Å². The van der Waals surface area contributed by atoms with E-state index in [1.54, 1.807) is 0 Å². The molecule has 0 spiro atoms. The smallest absolute Gasteiger partial charge is 0.154 e. The predicted molar refractivity (Wildman–Crippen MR) is 99.0 cm³/mol. The minimum Gasteiger partial charge on any atom is -0.453 e. The number of benzene rings is 3. The maximum absolute atomic E-state index is 6.27. The molecular formula is C22H17NO. The van der Waals surface area contributed by atoms with Crippen LogP contribution in [0.2, 0.25) is 0 Å². The Kier molecular flexibility index (Phi) is 2.95. The van der Waals surface area contributed by atoms with E-state index in [1.165, 1.54) is 22.3 Å². The summed E-state index contributed by atoms with van der Waals surface area (Å²) in [7, 11) is 0. The molecule has 0 fully saturated rings. The number of hydrogen-bond acceptors (Lipinski definition) is 2. The largest absolute Gasteiger partial charge is 0.453 e. The number of allylic oxidation sites excluding steroid dienone is 1. The number of rotatable bonds is 1. The summed E-state index contributed by atoms with van der Waals surface area (Å²) in [6, 6.07) is 21.0. The van der Waals surface area contributed by atoms with Crippen LogP contribution in [0.4, 0.5) is 11.4 Å². The van der Waals surface area contributed by atoms with Crippen molar-refractivity contribution < 1.29 is 4.74 Å². The molecule has 116 valence electrons. The number of fused-ring (bicyclic) bond motifs is 4. The van der Waals surface area contributed by atoms with Crippen LogP contribution in [-0.4, -0.2) is 0 Å². The Balaban J connectivity index is 1.57. The van der Waals surface area contributed by atoms with E-state index in [0.29, 0.717) is 0 Å². The van der Waals surface area contributed by atoms with Gasteiger partial charge in [0.25, 0.3) is 0 Å². The molecule has 1 N–H and O–H groups in total. The quantitative estimate of drug-likeness (QED) is 0.454. The summed E-state index contributed by atoms with van der Waals surface area (Å²) in [6.07, 6.45) is 6.53. The topological polar surface area (TPSA) is 21.3 Å². The second kappa shape index (κ2) is 5.27. The fourth-order valence-corrected chi connectivity index (χ4v) is 3.49. The second-order valence-corrected chi connectivity index (χ2v) is 6.26. The Hall–Kier alpha value is -3.00. The zero-order chi connectivity index (χ0) is 15.9. The number of anilines is 2. The highest BCUT2D eigenvalue weighted by Crippen LogP contribution is 2.47. The highest BCUT2D eigenvalue weighted by molar-refractivity contribution is 5.82. The Morgan fingerprint density at radius 2 is 1.75 bits per heavy atom. The van der Waals surface area contributed by atoms with E-state index >= 15 is 0 Å². The molecule has 0 amide bonds. The van der Waals surface area contributed by atoms with Gasteiger partial charge in [-0.1, -0.05) is 54.6 Å². The number of hydrogen-bond donors (Lipinski definition) is 1. The third kappa shape index (κ3) is 2.11. The van der Waals surface area contributed by atoms with Crippen LogP contribution in [0.5, 0.6) is 11.5 Å². The summed E-state index contributed by atoms with van der Waals surface area (Å²) in [5.74, 6) is 1.88. The van der Waals surface area contributed by atoms with Crippen LogP contribution in [0.3, 0.4) is 0 Å². The molecule has 3 aromatic carbocycles. The zero-order valence-corrected chi connectivity index (χ0v) is 13.3. The number of nitrogens with one attached hydrogen (secondary N) is 1. The van der Waals surface area contributed by atoms with Crippen molar-refractivity contribution in [2.45, 2.75) is 12.8 Å². The molecule has 1 aliphatic heterocycles. The molecule has 2 nitrogen and oxygen atoms in total. The molecular weight excluding hydrogens is 294 g/mol. The van der Waals surface area contributed by atoms with Crippen molar-refractivity contribution in [3.05, 3.63) is 77.9 Å². The molecule has 2 aliphatic rings. The van der Waals surface area contributed by atoms with Crippen LogP contribution in [0.15, 0.2) is 66.7 Å². The van der Waals surface area contributed by atoms with Crippen molar-refractivity contribution in [2.24, 2.45) is 0 Å². The normalized spacial score (nSPS) is 14.0. The first-order valence-corrected chi connectivity index (χ1v) is 8.35. The summed E-state index contributed by atoms with van der Waals surface area (Å²) in [4.78, 5) is 0. The van der Waals surface area contributed by atoms with E-state index in [4.69, 9.17) is 4.74 Å². The van der Waals surface area contributed by atoms with Crippen molar-refractivity contribution in [2.75, 3.05) is 5.32 Å². The van der Waals surface area contributed by atoms with Gasteiger partial charge in [-0.2, -0.15) is 0 Å². The van der Waals surface area contributed by atoms with Gasteiger partial charge in [0.1, 0.15) is 0 Å². The Morgan fingerprint density at radius 3 is 2.67 bits per heavy atom. The maximum atomic E-state index is 6.27. The highest BCUT2D eigenvalue weighted by atomic mass is 16.5. The summed E-state index contributed by atoms with van der Waals surface area (Å²) in [5, 5.41) is 3.55. The zero-order valence-electron chi connectivity index (χ0n) is 13.3. The predicted octanol–water partition coefficient (Wildman–Crippen LogP) is 6.16. The van der Waals surface area contributed by atoms with Crippen LogP contribution < -0.4 is 10.1 Å². The average Bonchev–Trinajstić information content (AvgIpc) is 2.66. The molecule has 3 aromatic rings. The van der Waals surface area contributed by atoms with Crippen molar-refractivity contribution in [1.82, 2.24) is 0 Å². The molecule has 1 heterocycles. The fourth-order valence-electron chi connectivity index (χ4n) is 3.49. The molecule has 0 bridgehead atoms. The molecule has 0 aromatic heterocycles. The van der Waals surface area contributed by atoms with Crippen molar-refractivity contribution in [3.63, 3.8) is 0 Å². The third-order valence-electron chi connectivity index (χ3n) is 4.72. The van der Waals surface area contributed by atoms with Crippen LogP contribution in [0.25, 0.3) is 17.2 Å². The molecule has 0 unspecified atom stereocenters.